The molecule has 126 valence electrons. The molecule has 0 bridgehead atoms. The second-order valence-electron chi connectivity index (χ2n) is 5.44. The third-order valence-electron chi connectivity index (χ3n) is 3.80. The van der Waals surface area contributed by atoms with E-state index in [9.17, 15) is 14.7 Å². The van der Waals surface area contributed by atoms with Crippen molar-refractivity contribution < 1.29 is 19.7 Å². The predicted molar refractivity (Wildman–Crippen MR) is 84.5 cm³/mol. The molecule has 3 N–H and O–H groups in total. The van der Waals surface area contributed by atoms with Crippen molar-refractivity contribution in [3.8, 4) is 0 Å². The van der Waals surface area contributed by atoms with Gasteiger partial charge in [0.25, 0.3) is 5.91 Å². The number of aromatic nitrogens is 2. The van der Waals surface area contributed by atoms with Gasteiger partial charge in [0, 0.05) is 18.2 Å². The van der Waals surface area contributed by atoms with Crippen molar-refractivity contribution in [2.45, 2.75) is 24.9 Å². The topological polar surface area (TPSA) is 114 Å². The van der Waals surface area contributed by atoms with Crippen LogP contribution < -0.4 is 11.0 Å². The summed E-state index contributed by atoms with van der Waals surface area (Å²) in [6, 6.07) is 10.1. The molecule has 0 saturated carbocycles. The highest BCUT2D eigenvalue weighted by Crippen LogP contribution is 2.27. The number of hydrogen-bond acceptors (Lipinski definition) is 6. The van der Waals surface area contributed by atoms with E-state index in [4.69, 9.17) is 9.84 Å². The summed E-state index contributed by atoms with van der Waals surface area (Å²) in [7, 11) is 0. The van der Waals surface area contributed by atoms with Crippen molar-refractivity contribution in [3.05, 3.63) is 58.6 Å². The highest BCUT2D eigenvalue weighted by atomic mass is 16.5. The first-order valence-electron chi connectivity index (χ1n) is 7.48. The van der Waals surface area contributed by atoms with Gasteiger partial charge in [0.15, 0.2) is 0 Å². The van der Waals surface area contributed by atoms with Gasteiger partial charge in [-0.05, 0) is 18.2 Å². The maximum atomic E-state index is 12.1. The molecule has 24 heavy (non-hydrogen) atoms. The third kappa shape index (κ3) is 3.35. The number of hydrogen-bond donors (Lipinski definition) is 3. The van der Waals surface area contributed by atoms with E-state index in [1.54, 1.807) is 30.3 Å². The molecule has 1 aromatic heterocycles. The Hall–Kier alpha value is -2.55. The number of benzene rings is 1. The SMILES string of the molecule is O=C(Nc1ccn([C@H]2C[C@@H](O)[C@@H](CO)O2)c(=O)n1)c1ccccc1. The monoisotopic (exact) mass is 331 g/mol. The Balaban J connectivity index is 1.74. The van der Waals surface area contributed by atoms with E-state index in [1.165, 1.54) is 16.8 Å². The Morgan fingerprint density at radius 1 is 1.33 bits per heavy atom. The van der Waals surface area contributed by atoms with Crippen molar-refractivity contribution >= 4 is 11.7 Å². The van der Waals surface area contributed by atoms with Gasteiger partial charge in [-0.25, -0.2) is 4.79 Å². The van der Waals surface area contributed by atoms with Crippen LogP contribution in [0.3, 0.4) is 0 Å². The standard InChI is InChI=1S/C16H17N3O5/c20-9-12-11(21)8-14(24-12)19-7-6-13(18-16(19)23)17-15(22)10-4-2-1-3-5-10/h1-7,11-12,14,20-21H,8-9H2,(H,17,18,22,23)/t11-,12-,14-/m1/s1. The number of anilines is 1. The van der Waals surface area contributed by atoms with Crippen LogP contribution in [0.4, 0.5) is 5.82 Å². The van der Waals surface area contributed by atoms with Crippen LogP contribution in [-0.2, 0) is 4.74 Å². The summed E-state index contributed by atoms with van der Waals surface area (Å²) in [6.45, 7) is -0.328. The van der Waals surface area contributed by atoms with Gasteiger partial charge < -0.3 is 20.3 Å². The minimum Gasteiger partial charge on any atom is -0.394 e. The Labute approximate surface area is 137 Å². The summed E-state index contributed by atoms with van der Waals surface area (Å²) in [5, 5.41) is 21.4. The van der Waals surface area contributed by atoms with Crippen LogP contribution in [0.1, 0.15) is 23.0 Å². The number of nitrogens with one attached hydrogen (secondary N) is 1. The van der Waals surface area contributed by atoms with Crippen molar-refractivity contribution in [2.24, 2.45) is 0 Å². The molecule has 0 unspecified atom stereocenters. The molecule has 8 heteroatoms. The fraction of sp³-hybridized carbons (Fsp3) is 0.312. The molecule has 1 aliphatic rings. The van der Waals surface area contributed by atoms with E-state index in [0.29, 0.717) is 5.56 Å². The number of carbonyl (C=O) groups is 1. The molecule has 1 aliphatic heterocycles. The molecule has 2 aromatic rings. The van der Waals surface area contributed by atoms with Crippen LogP contribution in [-0.4, -0.2) is 44.5 Å². The van der Waals surface area contributed by atoms with Gasteiger partial charge in [-0.1, -0.05) is 18.2 Å². The molecule has 3 rings (SSSR count). The Morgan fingerprint density at radius 2 is 2.08 bits per heavy atom. The van der Waals surface area contributed by atoms with Gasteiger partial charge in [0.2, 0.25) is 0 Å². The number of aliphatic hydroxyl groups excluding tert-OH is 2. The number of amides is 1. The molecule has 0 radical (unpaired) electrons. The third-order valence-corrected chi connectivity index (χ3v) is 3.80. The lowest BCUT2D eigenvalue weighted by Crippen LogP contribution is -2.28. The van der Waals surface area contributed by atoms with Gasteiger partial charge in [-0.15, -0.1) is 0 Å². The molecule has 8 nitrogen and oxygen atoms in total. The summed E-state index contributed by atoms with van der Waals surface area (Å²) in [5.74, 6) is -0.240. The predicted octanol–water partition coefficient (Wildman–Crippen LogP) is 0.136. The summed E-state index contributed by atoms with van der Waals surface area (Å²) >= 11 is 0. The number of carbonyl (C=O) groups excluding carboxylic acids is 1. The Kier molecular flexibility index (Phi) is 4.70. The van der Waals surface area contributed by atoms with Crippen LogP contribution in [0.5, 0.6) is 0 Å². The summed E-state index contributed by atoms with van der Waals surface area (Å²) in [6.07, 6.45) is -0.643. The molecular weight excluding hydrogens is 314 g/mol. The first kappa shape index (κ1) is 16.3. The zero-order valence-electron chi connectivity index (χ0n) is 12.7. The molecule has 2 heterocycles. The normalized spacial score (nSPS) is 23.2. The van der Waals surface area contributed by atoms with Crippen LogP contribution >= 0.6 is 0 Å². The largest absolute Gasteiger partial charge is 0.394 e. The lowest BCUT2D eigenvalue weighted by atomic mass is 10.2. The first-order valence-corrected chi connectivity index (χ1v) is 7.48. The zero-order valence-corrected chi connectivity index (χ0v) is 12.7. The highest BCUT2D eigenvalue weighted by Gasteiger charge is 2.34. The number of ether oxygens (including phenoxy) is 1. The summed E-state index contributed by atoms with van der Waals surface area (Å²) in [5.41, 5.74) is -0.159. The number of aliphatic hydroxyl groups is 2. The minimum atomic E-state index is -0.843. The van der Waals surface area contributed by atoms with E-state index < -0.39 is 24.1 Å². The average molecular weight is 331 g/mol. The van der Waals surface area contributed by atoms with Crippen LogP contribution in [0.25, 0.3) is 0 Å². The van der Waals surface area contributed by atoms with Crippen molar-refractivity contribution in [3.63, 3.8) is 0 Å². The molecule has 3 atom stereocenters. The molecule has 0 aliphatic carbocycles. The highest BCUT2D eigenvalue weighted by molar-refractivity contribution is 6.03. The zero-order chi connectivity index (χ0) is 17.1. The summed E-state index contributed by atoms with van der Waals surface area (Å²) < 4.78 is 6.63. The fourth-order valence-electron chi connectivity index (χ4n) is 2.53. The lowest BCUT2D eigenvalue weighted by molar-refractivity contribution is -0.0458. The first-order chi connectivity index (χ1) is 11.6. The van der Waals surface area contributed by atoms with Gasteiger partial charge in [0.1, 0.15) is 18.1 Å². The number of rotatable bonds is 4. The molecular formula is C16H17N3O5. The second-order valence-corrected chi connectivity index (χ2v) is 5.44. The van der Waals surface area contributed by atoms with Gasteiger partial charge >= 0.3 is 5.69 Å². The van der Waals surface area contributed by atoms with E-state index >= 15 is 0 Å². The lowest BCUT2D eigenvalue weighted by Gasteiger charge is -2.14. The van der Waals surface area contributed by atoms with E-state index in [0.717, 1.165) is 0 Å². The minimum absolute atomic E-state index is 0.127. The van der Waals surface area contributed by atoms with Gasteiger partial charge in [0.05, 0.1) is 12.7 Å². The smallest absolute Gasteiger partial charge is 0.351 e. The summed E-state index contributed by atoms with van der Waals surface area (Å²) in [4.78, 5) is 28.0. The van der Waals surface area contributed by atoms with Crippen LogP contribution in [0, 0.1) is 0 Å². The average Bonchev–Trinajstić information content (AvgIpc) is 2.96. The molecule has 1 fully saturated rings. The molecule has 1 saturated heterocycles. The van der Waals surface area contributed by atoms with Crippen molar-refractivity contribution in [1.82, 2.24) is 9.55 Å². The van der Waals surface area contributed by atoms with Crippen molar-refractivity contribution in [2.75, 3.05) is 11.9 Å². The molecule has 1 amide bonds. The molecule has 1 aromatic carbocycles. The van der Waals surface area contributed by atoms with Gasteiger partial charge in [-0.3, -0.25) is 9.36 Å². The van der Waals surface area contributed by atoms with E-state index in [1.807, 2.05) is 0 Å². The van der Waals surface area contributed by atoms with Gasteiger partial charge in [-0.2, -0.15) is 4.98 Å². The van der Waals surface area contributed by atoms with E-state index in [-0.39, 0.29) is 24.8 Å². The Morgan fingerprint density at radius 3 is 2.71 bits per heavy atom. The molecule has 0 spiro atoms. The van der Waals surface area contributed by atoms with Crippen molar-refractivity contribution in [1.29, 1.82) is 0 Å². The fourth-order valence-corrected chi connectivity index (χ4v) is 2.53. The van der Waals surface area contributed by atoms with Crippen LogP contribution in [0.2, 0.25) is 0 Å². The maximum Gasteiger partial charge on any atom is 0.351 e. The van der Waals surface area contributed by atoms with E-state index in [2.05, 4.69) is 10.3 Å². The Bertz CT molecular complexity index is 777. The quantitative estimate of drug-likeness (QED) is 0.734. The maximum absolute atomic E-state index is 12.1. The van der Waals surface area contributed by atoms with Crippen LogP contribution in [0.15, 0.2) is 47.4 Å². The second kappa shape index (κ2) is 6.91. The number of nitrogens with zero attached hydrogens (tertiary/aromatic N) is 2.